The fourth-order valence-corrected chi connectivity index (χ4v) is 1.79. The van der Waals surface area contributed by atoms with Crippen LogP contribution in [0.25, 0.3) is 0 Å². The lowest BCUT2D eigenvalue weighted by molar-refractivity contribution is -0.120. The average molecular weight is 301 g/mol. The van der Waals surface area contributed by atoms with Gasteiger partial charge in [0.2, 0.25) is 5.91 Å². The minimum absolute atomic E-state index is 0. The lowest BCUT2D eigenvalue weighted by Crippen LogP contribution is -2.36. The van der Waals surface area contributed by atoms with E-state index >= 15 is 0 Å². The molecule has 1 aromatic carbocycles. The van der Waals surface area contributed by atoms with Gasteiger partial charge in [0.15, 0.2) is 0 Å². The Morgan fingerprint density at radius 2 is 1.95 bits per heavy atom. The molecule has 1 amide bonds. The van der Waals surface area contributed by atoms with E-state index in [1.165, 1.54) is 5.56 Å². The summed E-state index contributed by atoms with van der Waals surface area (Å²) in [5, 5.41) is 5.99. The molecule has 0 fully saturated rings. The molecule has 0 aromatic heterocycles. The van der Waals surface area contributed by atoms with Crippen LogP contribution in [0.1, 0.15) is 31.0 Å². The SMILES string of the molecule is CCc1ccc(C(C)NC(=O)CNCCOC)cc1.Cl. The van der Waals surface area contributed by atoms with Crippen LogP contribution >= 0.6 is 12.4 Å². The fourth-order valence-electron chi connectivity index (χ4n) is 1.79. The zero-order chi connectivity index (χ0) is 14.1. The van der Waals surface area contributed by atoms with Crippen molar-refractivity contribution in [2.24, 2.45) is 0 Å². The molecule has 1 unspecified atom stereocenters. The highest BCUT2D eigenvalue weighted by atomic mass is 35.5. The van der Waals surface area contributed by atoms with E-state index in [-0.39, 0.29) is 24.4 Å². The second-order valence-corrected chi connectivity index (χ2v) is 4.55. The molecule has 114 valence electrons. The first-order chi connectivity index (χ1) is 9.17. The van der Waals surface area contributed by atoms with Crippen molar-refractivity contribution in [2.45, 2.75) is 26.3 Å². The van der Waals surface area contributed by atoms with Crippen LogP contribution in [0.4, 0.5) is 0 Å². The number of aryl methyl sites for hydroxylation is 1. The van der Waals surface area contributed by atoms with Gasteiger partial charge >= 0.3 is 0 Å². The molecule has 0 aliphatic carbocycles. The van der Waals surface area contributed by atoms with Crippen molar-refractivity contribution >= 4 is 18.3 Å². The second-order valence-electron chi connectivity index (χ2n) is 4.55. The van der Waals surface area contributed by atoms with E-state index in [4.69, 9.17) is 4.74 Å². The lowest BCUT2D eigenvalue weighted by atomic mass is 10.1. The summed E-state index contributed by atoms with van der Waals surface area (Å²) in [5.74, 6) is 0.00294. The van der Waals surface area contributed by atoms with Crippen LogP contribution in [-0.2, 0) is 16.0 Å². The topological polar surface area (TPSA) is 50.4 Å². The monoisotopic (exact) mass is 300 g/mol. The van der Waals surface area contributed by atoms with Gasteiger partial charge in [-0.05, 0) is 24.5 Å². The van der Waals surface area contributed by atoms with E-state index < -0.39 is 0 Å². The van der Waals surface area contributed by atoms with E-state index in [1.54, 1.807) is 7.11 Å². The molecule has 5 heteroatoms. The summed E-state index contributed by atoms with van der Waals surface area (Å²) in [6.45, 7) is 5.74. The van der Waals surface area contributed by atoms with Gasteiger partial charge in [-0.2, -0.15) is 0 Å². The minimum atomic E-state index is 0. The summed E-state index contributed by atoms with van der Waals surface area (Å²) in [4.78, 5) is 11.7. The smallest absolute Gasteiger partial charge is 0.234 e. The zero-order valence-electron chi connectivity index (χ0n) is 12.4. The summed E-state index contributed by atoms with van der Waals surface area (Å²) in [5.41, 5.74) is 2.44. The Morgan fingerprint density at radius 1 is 1.30 bits per heavy atom. The van der Waals surface area contributed by atoms with Crippen LogP contribution in [0, 0.1) is 0 Å². The lowest BCUT2D eigenvalue weighted by Gasteiger charge is -2.15. The fraction of sp³-hybridized carbons (Fsp3) is 0.533. The largest absolute Gasteiger partial charge is 0.383 e. The number of carbonyl (C=O) groups excluding carboxylic acids is 1. The number of hydrogen-bond acceptors (Lipinski definition) is 3. The molecule has 0 bridgehead atoms. The highest BCUT2D eigenvalue weighted by Gasteiger charge is 2.08. The third-order valence-electron chi connectivity index (χ3n) is 3.03. The summed E-state index contributed by atoms with van der Waals surface area (Å²) in [7, 11) is 1.64. The molecular weight excluding hydrogens is 276 g/mol. The zero-order valence-corrected chi connectivity index (χ0v) is 13.3. The number of rotatable bonds is 8. The summed E-state index contributed by atoms with van der Waals surface area (Å²) in [6, 6.07) is 8.39. The first kappa shape index (κ1) is 18.9. The van der Waals surface area contributed by atoms with E-state index in [2.05, 4.69) is 41.8 Å². The number of amides is 1. The average Bonchev–Trinajstić information content (AvgIpc) is 2.43. The van der Waals surface area contributed by atoms with Gasteiger partial charge in [-0.3, -0.25) is 4.79 Å². The highest BCUT2D eigenvalue weighted by molar-refractivity contribution is 5.85. The molecule has 4 nitrogen and oxygen atoms in total. The number of hydrogen-bond donors (Lipinski definition) is 2. The van der Waals surface area contributed by atoms with Crippen molar-refractivity contribution < 1.29 is 9.53 Å². The molecule has 0 spiro atoms. The Kier molecular flexibility index (Phi) is 10.1. The molecule has 0 radical (unpaired) electrons. The van der Waals surface area contributed by atoms with Gasteiger partial charge < -0.3 is 15.4 Å². The predicted molar refractivity (Wildman–Crippen MR) is 84.4 cm³/mol. The Balaban J connectivity index is 0.00000361. The Bertz CT molecular complexity index is 382. The molecule has 20 heavy (non-hydrogen) atoms. The molecule has 1 atom stereocenters. The molecule has 0 aliphatic rings. The van der Waals surface area contributed by atoms with Crippen LogP contribution in [0.15, 0.2) is 24.3 Å². The van der Waals surface area contributed by atoms with Crippen LogP contribution in [-0.4, -0.2) is 32.7 Å². The van der Waals surface area contributed by atoms with Gasteiger partial charge in [-0.1, -0.05) is 31.2 Å². The number of halogens is 1. The number of ether oxygens (including phenoxy) is 1. The Hall–Kier alpha value is -1.10. The van der Waals surface area contributed by atoms with Crippen LogP contribution in [0.5, 0.6) is 0 Å². The predicted octanol–water partition coefficient (Wildman–Crippen LogP) is 2.08. The highest BCUT2D eigenvalue weighted by Crippen LogP contribution is 2.13. The van der Waals surface area contributed by atoms with Crippen LogP contribution in [0.2, 0.25) is 0 Å². The van der Waals surface area contributed by atoms with Gasteiger partial charge in [0.1, 0.15) is 0 Å². The minimum Gasteiger partial charge on any atom is -0.383 e. The molecular formula is C15H25ClN2O2. The molecule has 1 aromatic rings. The van der Waals surface area contributed by atoms with Crippen molar-refractivity contribution in [2.75, 3.05) is 26.8 Å². The van der Waals surface area contributed by atoms with E-state index in [9.17, 15) is 4.79 Å². The van der Waals surface area contributed by atoms with Gasteiger partial charge in [0.05, 0.1) is 19.2 Å². The van der Waals surface area contributed by atoms with Crippen LogP contribution < -0.4 is 10.6 Å². The summed E-state index contributed by atoms with van der Waals surface area (Å²) >= 11 is 0. The molecule has 0 heterocycles. The number of carbonyl (C=O) groups is 1. The van der Waals surface area contributed by atoms with Gasteiger partial charge in [0.25, 0.3) is 0 Å². The van der Waals surface area contributed by atoms with Crippen molar-refractivity contribution in [3.05, 3.63) is 35.4 Å². The maximum atomic E-state index is 11.7. The summed E-state index contributed by atoms with van der Waals surface area (Å²) < 4.78 is 4.90. The van der Waals surface area contributed by atoms with E-state index in [1.807, 2.05) is 6.92 Å². The molecule has 2 N–H and O–H groups in total. The van der Waals surface area contributed by atoms with Gasteiger partial charge in [0, 0.05) is 13.7 Å². The van der Waals surface area contributed by atoms with Crippen molar-refractivity contribution in [3.8, 4) is 0 Å². The number of methoxy groups -OCH3 is 1. The molecule has 1 rings (SSSR count). The van der Waals surface area contributed by atoms with E-state index in [0.717, 1.165) is 12.0 Å². The van der Waals surface area contributed by atoms with Crippen molar-refractivity contribution in [1.82, 2.24) is 10.6 Å². The van der Waals surface area contributed by atoms with Gasteiger partial charge in [-0.25, -0.2) is 0 Å². The quantitative estimate of drug-likeness (QED) is 0.723. The van der Waals surface area contributed by atoms with E-state index in [0.29, 0.717) is 19.7 Å². The molecule has 0 saturated carbocycles. The van der Waals surface area contributed by atoms with Crippen LogP contribution in [0.3, 0.4) is 0 Å². The Labute approximate surface area is 127 Å². The number of benzene rings is 1. The third kappa shape index (κ3) is 6.89. The standard InChI is InChI=1S/C15H24N2O2.ClH/c1-4-13-5-7-14(8-6-13)12(2)17-15(18)11-16-9-10-19-3;/h5-8,12,16H,4,9-11H2,1-3H3,(H,17,18);1H. The normalized spacial score (nSPS) is 11.6. The Morgan fingerprint density at radius 3 is 2.50 bits per heavy atom. The first-order valence-electron chi connectivity index (χ1n) is 6.75. The van der Waals surface area contributed by atoms with Gasteiger partial charge in [-0.15, -0.1) is 12.4 Å². The first-order valence-corrected chi connectivity index (χ1v) is 6.75. The maximum absolute atomic E-state index is 11.7. The van der Waals surface area contributed by atoms with Crippen molar-refractivity contribution in [1.29, 1.82) is 0 Å². The van der Waals surface area contributed by atoms with Crippen molar-refractivity contribution in [3.63, 3.8) is 0 Å². The number of nitrogens with one attached hydrogen (secondary N) is 2. The third-order valence-corrected chi connectivity index (χ3v) is 3.03. The summed E-state index contributed by atoms with van der Waals surface area (Å²) in [6.07, 6.45) is 1.03. The second kappa shape index (κ2) is 10.7. The maximum Gasteiger partial charge on any atom is 0.234 e. The molecule has 0 saturated heterocycles. The molecule has 0 aliphatic heterocycles.